The lowest BCUT2D eigenvalue weighted by molar-refractivity contribution is -0.121. The van der Waals surface area contributed by atoms with E-state index in [1.807, 2.05) is 45.9 Å². The number of rotatable bonds is 7. The summed E-state index contributed by atoms with van der Waals surface area (Å²) in [5, 5.41) is 9.06. The molecule has 0 aromatic heterocycles. The molecule has 1 aromatic carbocycles. The fraction of sp³-hybridized carbons (Fsp3) is 0.556. The number of amides is 1. The minimum Gasteiger partial charge on any atom is -0.493 e. The molecule has 0 saturated carbocycles. The Kier molecular flexibility index (Phi) is 11.0. The number of nitrogens with one attached hydrogen (secondary N) is 3. The highest BCUT2D eigenvalue weighted by Gasteiger charge is 2.14. The van der Waals surface area contributed by atoms with Crippen molar-refractivity contribution < 1.29 is 14.3 Å². The minimum atomic E-state index is -0.262. The third-order valence-electron chi connectivity index (χ3n) is 3.17. The summed E-state index contributed by atoms with van der Waals surface area (Å²) in [4.78, 5) is 16.4. The van der Waals surface area contributed by atoms with Crippen LogP contribution in [0.25, 0.3) is 0 Å². The summed E-state index contributed by atoms with van der Waals surface area (Å²) >= 11 is 0. The van der Waals surface area contributed by atoms with E-state index in [2.05, 4.69) is 20.9 Å². The van der Waals surface area contributed by atoms with E-state index in [9.17, 15) is 4.79 Å². The molecule has 0 bridgehead atoms. The second kappa shape index (κ2) is 11.8. The number of methoxy groups -OCH3 is 2. The molecule has 0 heterocycles. The number of carbonyl (C=O) groups excluding carboxylic acids is 1. The molecule has 7 nitrogen and oxygen atoms in total. The van der Waals surface area contributed by atoms with Crippen molar-refractivity contribution in [1.82, 2.24) is 16.0 Å². The van der Waals surface area contributed by atoms with Gasteiger partial charge in [0.05, 0.1) is 27.3 Å². The number of hydrogen-bond donors (Lipinski definition) is 3. The molecule has 26 heavy (non-hydrogen) atoms. The predicted molar refractivity (Wildman–Crippen MR) is 116 cm³/mol. The Balaban J connectivity index is 0.00000625. The van der Waals surface area contributed by atoms with E-state index in [-0.39, 0.29) is 42.0 Å². The van der Waals surface area contributed by atoms with E-state index in [1.165, 1.54) is 0 Å². The molecule has 0 atom stereocenters. The monoisotopic (exact) mass is 478 g/mol. The SMILES string of the molecule is CCNC(=NCc1cccc(OC)c1OC)NCC(=O)NC(C)(C)C.I. The average molecular weight is 478 g/mol. The molecule has 8 heteroatoms. The van der Waals surface area contributed by atoms with Crippen LogP contribution < -0.4 is 25.4 Å². The maximum absolute atomic E-state index is 11.9. The number of para-hydroxylation sites is 1. The van der Waals surface area contributed by atoms with Crippen LogP contribution in [0.3, 0.4) is 0 Å². The summed E-state index contributed by atoms with van der Waals surface area (Å²) in [6.07, 6.45) is 0. The Hall–Kier alpha value is -1.71. The fourth-order valence-corrected chi connectivity index (χ4v) is 2.21. The molecule has 0 aliphatic heterocycles. The highest BCUT2D eigenvalue weighted by Crippen LogP contribution is 2.30. The first-order chi connectivity index (χ1) is 11.8. The van der Waals surface area contributed by atoms with E-state index in [0.717, 1.165) is 5.56 Å². The largest absolute Gasteiger partial charge is 0.493 e. The lowest BCUT2D eigenvalue weighted by atomic mass is 10.1. The number of nitrogens with zero attached hydrogens (tertiary/aromatic N) is 1. The van der Waals surface area contributed by atoms with Crippen molar-refractivity contribution in [2.24, 2.45) is 4.99 Å². The third-order valence-corrected chi connectivity index (χ3v) is 3.17. The lowest BCUT2D eigenvalue weighted by Gasteiger charge is -2.21. The Morgan fingerprint density at radius 3 is 2.38 bits per heavy atom. The van der Waals surface area contributed by atoms with Crippen LogP contribution >= 0.6 is 24.0 Å². The number of hydrogen-bond acceptors (Lipinski definition) is 4. The van der Waals surface area contributed by atoms with Crippen molar-refractivity contribution in [3.8, 4) is 11.5 Å². The first kappa shape index (κ1) is 24.3. The van der Waals surface area contributed by atoms with Gasteiger partial charge in [-0.25, -0.2) is 4.99 Å². The number of benzene rings is 1. The standard InChI is InChI=1S/C18H30N4O3.HI/c1-7-19-17(21-12-15(23)22-18(2,3)4)20-11-13-9-8-10-14(24-5)16(13)25-6;/h8-10H,7,11-12H2,1-6H3,(H,22,23)(H2,19,20,21);1H. The van der Waals surface area contributed by atoms with Gasteiger partial charge >= 0.3 is 0 Å². The number of ether oxygens (including phenoxy) is 2. The Bertz CT molecular complexity index is 601. The molecular weight excluding hydrogens is 447 g/mol. The van der Waals surface area contributed by atoms with E-state index in [0.29, 0.717) is 30.5 Å². The normalized spacial score (nSPS) is 11.2. The average Bonchev–Trinajstić information content (AvgIpc) is 2.55. The minimum absolute atomic E-state index is 0. The van der Waals surface area contributed by atoms with Gasteiger partial charge in [0.2, 0.25) is 5.91 Å². The molecule has 1 amide bonds. The van der Waals surface area contributed by atoms with Crippen LogP contribution in [0, 0.1) is 0 Å². The van der Waals surface area contributed by atoms with Gasteiger partial charge < -0.3 is 25.4 Å². The molecule has 0 fully saturated rings. The van der Waals surface area contributed by atoms with Crippen LogP contribution in [0.5, 0.6) is 11.5 Å². The van der Waals surface area contributed by atoms with Crippen molar-refractivity contribution in [2.45, 2.75) is 39.8 Å². The van der Waals surface area contributed by atoms with Gasteiger partial charge in [0.1, 0.15) is 0 Å². The lowest BCUT2D eigenvalue weighted by Crippen LogP contribution is -2.48. The van der Waals surface area contributed by atoms with Crippen molar-refractivity contribution in [3.05, 3.63) is 23.8 Å². The van der Waals surface area contributed by atoms with Crippen LogP contribution in [0.2, 0.25) is 0 Å². The summed E-state index contributed by atoms with van der Waals surface area (Å²) in [5.41, 5.74) is 0.639. The van der Waals surface area contributed by atoms with Crippen LogP contribution in [0.4, 0.5) is 0 Å². The molecule has 148 valence electrons. The van der Waals surface area contributed by atoms with E-state index in [1.54, 1.807) is 14.2 Å². The molecular formula is C18H31IN4O3. The second-order valence-corrected chi connectivity index (χ2v) is 6.50. The maximum Gasteiger partial charge on any atom is 0.239 e. The number of guanidine groups is 1. The number of carbonyl (C=O) groups is 1. The van der Waals surface area contributed by atoms with Gasteiger partial charge in [-0.05, 0) is 33.8 Å². The Morgan fingerprint density at radius 2 is 1.85 bits per heavy atom. The van der Waals surface area contributed by atoms with Crippen molar-refractivity contribution >= 4 is 35.8 Å². The smallest absolute Gasteiger partial charge is 0.239 e. The summed E-state index contributed by atoms with van der Waals surface area (Å²) in [6, 6.07) is 5.66. The quantitative estimate of drug-likeness (QED) is 0.318. The summed E-state index contributed by atoms with van der Waals surface area (Å²) in [7, 11) is 3.20. The molecule has 0 spiro atoms. The number of halogens is 1. The molecule has 0 aliphatic carbocycles. The van der Waals surface area contributed by atoms with Gasteiger partial charge in [0.25, 0.3) is 0 Å². The zero-order valence-corrected chi connectivity index (χ0v) is 18.8. The molecule has 0 aliphatic rings. The van der Waals surface area contributed by atoms with E-state index in [4.69, 9.17) is 9.47 Å². The maximum atomic E-state index is 11.9. The van der Waals surface area contributed by atoms with Gasteiger partial charge in [0.15, 0.2) is 17.5 Å². The molecule has 0 radical (unpaired) electrons. The molecule has 1 rings (SSSR count). The summed E-state index contributed by atoms with van der Waals surface area (Å²) in [6.45, 7) is 9.05. The highest BCUT2D eigenvalue weighted by atomic mass is 127. The van der Waals surface area contributed by atoms with Crippen molar-refractivity contribution in [3.63, 3.8) is 0 Å². The summed E-state index contributed by atoms with van der Waals surface area (Å²) < 4.78 is 10.7. The fourth-order valence-electron chi connectivity index (χ4n) is 2.21. The first-order valence-electron chi connectivity index (χ1n) is 8.33. The molecule has 0 saturated heterocycles. The van der Waals surface area contributed by atoms with Gasteiger partial charge in [-0.15, -0.1) is 24.0 Å². The molecule has 0 unspecified atom stereocenters. The van der Waals surface area contributed by atoms with Gasteiger partial charge in [-0.3, -0.25) is 4.79 Å². The second-order valence-electron chi connectivity index (χ2n) is 6.50. The van der Waals surface area contributed by atoms with Crippen LogP contribution in [0.1, 0.15) is 33.3 Å². The van der Waals surface area contributed by atoms with Crippen LogP contribution in [0.15, 0.2) is 23.2 Å². The van der Waals surface area contributed by atoms with Crippen molar-refractivity contribution in [1.29, 1.82) is 0 Å². The number of aliphatic imine (C=N–C) groups is 1. The summed E-state index contributed by atoms with van der Waals surface area (Å²) in [5.74, 6) is 1.81. The van der Waals surface area contributed by atoms with Gasteiger partial charge in [-0.2, -0.15) is 0 Å². The predicted octanol–water partition coefficient (Wildman–Crippen LogP) is 2.29. The van der Waals surface area contributed by atoms with E-state index >= 15 is 0 Å². The first-order valence-corrected chi connectivity index (χ1v) is 8.33. The highest BCUT2D eigenvalue weighted by molar-refractivity contribution is 14.0. The molecule has 3 N–H and O–H groups in total. The van der Waals surface area contributed by atoms with Crippen LogP contribution in [-0.4, -0.2) is 44.7 Å². The van der Waals surface area contributed by atoms with E-state index < -0.39 is 0 Å². The Morgan fingerprint density at radius 1 is 1.15 bits per heavy atom. The van der Waals surface area contributed by atoms with Crippen molar-refractivity contribution in [2.75, 3.05) is 27.3 Å². The van der Waals surface area contributed by atoms with Gasteiger partial charge in [-0.1, -0.05) is 12.1 Å². The third kappa shape index (κ3) is 8.59. The zero-order chi connectivity index (χ0) is 18.9. The van der Waals surface area contributed by atoms with Crippen LogP contribution in [-0.2, 0) is 11.3 Å². The topological polar surface area (TPSA) is 84.0 Å². The van der Waals surface area contributed by atoms with Gasteiger partial charge in [0, 0.05) is 17.6 Å². The Labute approximate surface area is 173 Å². The zero-order valence-electron chi connectivity index (χ0n) is 16.4. The molecule has 1 aromatic rings.